The predicted molar refractivity (Wildman–Crippen MR) is 62.9 cm³/mol. The number of hydrogen-bond donors (Lipinski definition) is 0. The lowest BCUT2D eigenvalue weighted by Gasteiger charge is -2.40. The molecule has 1 aliphatic heterocycles. The molecule has 4 rings (SSSR count). The van der Waals surface area contributed by atoms with E-state index in [1.165, 1.54) is 25.7 Å². The van der Waals surface area contributed by atoms with E-state index in [0.29, 0.717) is 0 Å². The van der Waals surface area contributed by atoms with Crippen molar-refractivity contribution in [1.82, 2.24) is 4.90 Å². The van der Waals surface area contributed by atoms with Gasteiger partial charge >= 0.3 is 0 Å². The fraction of sp³-hybridized carbons (Fsp3) is 0.857. The number of morpholine rings is 1. The van der Waals surface area contributed by atoms with Crippen molar-refractivity contribution in [2.45, 2.75) is 25.7 Å². The highest BCUT2D eigenvalue weighted by Gasteiger charge is 2.46. The van der Waals surface area contributed by atoms with E-state index in [1.807, 2.05) is 0 Å². The molecule has 4 unspecified atom stereocenters. The number of rotatable bonds is 1. The molecule has 88 valence electrons. The van der Waals surface area contributed by atoms with E-state index in [0.717, 1.165) is 50.0 Å². The van der Waals surface area contributed by atoms with Gasteiger partial charge in [-0.25, -0.2) is 0 Å². The molecule has 0 aromatic rings. The molecule has 3 bridgehead atoms. The summed E-state index contributed by atoms with van der Waals surface area (Å²) in [4.78, 5) is 2.63. The number of hydrogen-bond acceptors (Lipinski definition) is 2. The van der Waals surface area contributed by atoms with Gasteiger partial charge in [0.25, 0.3) is 0 Å². The van der Waals surface area contributed by atoms with Crippen LogP contribution in [-0.4, -0.2) is 31.2 Å². The molecule has 3 aliphatic carbocycles. The maximum Gasteiger partial charge on any atom is 0.0642 e. The molecule has 0 spiro atoms. The third-order valence-corrected chi connectivity index (χ3v) is 5.20. The number of ether oxygens (including phenoxy) is 1. The Morgan fingerprint density at radius 2 is 1.94 bits per heavy atom. The van der Waals surface area contributed by atoms with Gasteiger partial charge in [-0.3, -0.25) is 0 Å². The first-order chi connectivity index (χ1) is 7.90. The molecule has 2 saturated carbocycles. The highest BCUT2D eigenvalue weighted by molar-refractivity contribution is 5.19. The monoisotopic (exact) mass is 219 g/mol. The Balaban J connectivity index is 1.63. The van der Waals surface area contributed by atoms with Gasteiger partial charge in [-0.05, 0) is 43.4 Å². The minimum absolute atomic E-state index is 0.917. The lowest BCUT2D eigenvalue weighted by Crippen LogP contribution is -2.40. The Morgan fingerprint density at radius 1 is 1.06 bits per heavy atom. The van der Waals surface area contributed by atoms with Gasteiger partial charge in [0.1, 0.15) is 0 Å². The molecule has 3 fully saturated rings. The molecule has 1 saturated heterocycles. The topological polar surface area (TPSA) is 12.5 Å². The fourth-order valence-corrected chi connectivity index (χ4v) is 4.63. The average Bonchev–Trinajstić information content (AvgIpc) is 2.54. The molecule has 16 heavy (non-hydrogen) atoms. The Morgan fingerprint density at radius 3 is 2.81 bits per heavy atom. The highest BCUT2D eigenvalue weighted by atomic mass is 16.5. The van der Waals surface area contributed by atoms with Crippen LogP contribution in [0.4, 0.5) is 0 Å². The van der Waals surface area contributed by atoms with Gasteiger partial charge in [0.05, 0.1) is 13.2 Å². The highest BCUT2D eigenvalue weighted by Crippen LogP contribution is 2.55. The molecular weight excluding hydrogens is 198 g/mol. The van der Waals surface area contributed by atoms with Crippen LogP contribution in [-0.2, 0) is 4.74 Å². The molecule has 1 heterocycles. The van der Waals surface area contributed by atoms with Crippen LogP contribution >= 0.6 is 0 Å². The Labute approximate surface area is 97.6 Å². The average molecular weight is 219 g/mol. The molecule has 0 amide bonds. The van der Waals surface area contributed by atoms with Gasteiger partial charge in [0.2, 0.25) is 0 Å². The minimum Gasteiger partial charge on any atom is -0.378 e. The standard InChI is InChI=1S/C14H21NO/c1-3-16-4-2-15(1)14-9-11-5-10-6-12(7-11)13(14)8-10/h9-13H,1-8H2. The van der Waals surface area contributed by atoms with Gasteiger partial charge in [0.15, 0.2) is 0 Å². The van der Waals surface area contributed by atoms with Gasteiger partial charge < -0.3 is 9.64 Å². The molecular formula is C14H21NO. The quantitative estimate of drug-likeness (QED) is 0.671. The second-order valence-electron chi connectivity index (χ2n) is 6.13. The second-order valence-corrected chi connectivity index (χ2v) is 6.13. The second kappa shape index (κ2) is 3.49. The largest absolute Gasteiger partial charge is 0.378 e. The summed E-state index contributed by atoms with van der Waals surface area (Å²) in [6.07, 6.45) is 8.63. The van der Waals surface area contributed by atoms with Crippen molar-refractivity contribution in [3.8, 4) is 0 Å². The van der Waals surface area contributed by atoms with Crippen molar-refractivity contribution in [3.05, 3.63) is 11.8 Å². The first-order valence-corrected chi connectivity index (χ1v) is 6.94. The Kier molecular flexibility index (Phi) is 2.08. The maximum atomic E-state index is 5.47. The SMILES string of the molecule is C1=C(N2CCOCC2)C2CC3CC1CC2C3. The van der Waals surface area contributed by atoms with Crippen LogP contribution in [0, 0.1) is 23.7 Å². The van der Waals surface area contributed by atoms with Crippen LogP contribution in [0.25, 0.3) is 0 Å². The molecule has 0 radical (unpaired) electrons. The minimum atomic E-state index is 0.917. The summed E-state index contributed by atoms with van der Waals surface area (Å²) >= 11 is 0. The lowest BCUT2D eigenvalue weighted by molar-refractivity contribution is 0.0443. The summed E-state index contributed by atoms with van der Waals surface area (Å²) in [6.45, 7) is 4.13. The number of allylic oxidation sites excluding steroid dienone is 2. The van der Waals surface area contributed by atoms with Crippen LogP contribution in [0.15, 0.2) is 11.8 Å². The van der Waals surface area contributed by atoms with E-state index in [1.54, 1.807) is 5.70 Å². The maximum absolute atomic E-state index is 5.47. The van der Waals surface area contributed by atoms with Crippen LogP contribution in [0.3, 0.4) is 0 Å². The van der Waals surface area contributed by atoms with E-state index in [-0.39, 0.29) is 0 Å². The van der Waals surface area contributed by atoms with Crippen molar-refractivity contribution in [2.75, 3.05) is 26.3 Å². The number of nitrogens with zero attached hydrogens (tertiary/aromatic N) is 1. The van der Waals surface area contributed by atoms with Crippen molar-refractivity contribution >= 4 is 0 Å². The van der Waals surface area contributed by atoms with Gasteiger partial charge in [-0.15, -0.1) is 0 Å². The summed E-state index contributed by atoms with van der Waals surface area (Å²) in [7, 11) is 0. The molecule has 2 heteroatoms. The Hall–Kier alpha value is -0.500. The zero-order valence-electron chi connectivity index (χ0n) is 9.90. The molecule has 0 N–H and O–H groups in total. The van der Waals surface area contributed by atoms with E-state index >= 15 is 0 Å². The number of fused-ring (bicyclic) bond motifs is 2. The lowest BCUT2D eigenvalue weighted by atomic mass is 9.74. The summed E-state index contributed by atoms with van der Waals surface area (Å²) in [5, 5.41) is 0. The predicted octanol–water partition coefficient (Wildman–Crippen LogP) is 2.27. The summed E-state index contributed by atoms with van der Waals surface area (Å²) < 4.78 is 5.47. The van der Waals surface area contributed by atoms with Gasteiger partial charge in [-0.1, -0.05) is 6.08 Å². The molecule has 4 atom stereocenters. The first kappa shape index (κ1) is 9.52. The zero-order chi connectivity index (χ0) is 10.5. The first-order valence-electron chi connectivity index (χ1n) is 6.94. The van der Waals surface area contributed by atoms with Crippen molar-refractivity contribution in [2.24, 2.45) is 23.7 Å². The third-order valence-electron chi connectivity index (χ3n) is 5.20. The zero-order valence-corrected chi connectivity index (χ0v) is 9.90. The fourth-order valence-electron chi connectivity index (χ4n) is 4.63. The van der Waals surface area contributed by atoms with E-state index < -0.39 is 0 Å². The van der Waals surface area contributed by atoms with Gasteiger partial charge in [0, 0.05) is 24.7 Å². The van der Waals surface area contributed by atoms with Crippen LogP contribution in [0.5, 0.6) is 0 Å². The normalized spacial score (nSPS) is 46.0. The van der Waals surface area contributed by atoms with Gasteiger partial charge in [-0.2, -0.15) is 0 Å². The molecule has 4 aliphatic rings. The van der Waals surface area contributed by atoms with Crippen LogP contribution in [0.1, 0.15) is 25.7 Å². The Bertz CT molecular complexity index is 317. The van der Waals surface area contributed by atoms with E-state index in [9.17, 15) is 0 Å². The summed E-state index contributed by atoms with van der Waals surface area (Å²) in [6, 6.07) is 0. The van der Waals surface area contributed by atoms with Crippen molar-refractivity contribution < 1.29 is 4.74 Å². The van der Waals surface area contributed by atoms with Crippen molar-refractivity contribution in [3.63, 3.8) is 0 Å². The molecule has 0 aromatic carbocycles. The molecule has 2 nitrogen and oxygen atoms in total. The van der Waals surface area contributed by atoms with Crippen LogP contribution in [0.2, 0.25) is 0 Å². The van der Waals surface area contributed by atoms with Crippen molar-refractivity contribution in [1.29, 1.82) is 0 Å². The smallest absolute Gasteiger partial charge is 0.0642 e. The summed E-state index contributed by atoms with van der Waals surface area (Å²) in [5.74, 6) is 3.93. The van der Waals surface area contributed by atoms with E-state index in [4.69, 9.17) is 4.74 Å². The van der Waals surface area contributed by atoms with E-state index in [2.05, 4.69) is 11.0 Å². The van der Waals surface area contributed by atoms with Crippen LogP contribution < -0.4 is 0 Å². The summed E-state index contributed by atoms with van der Waals surface area (Å²) in [5.41, 5.74) is 1.71. The third kappa shape index (κ3) is 1.35. The molecule has 0 aromatic heterocycles.